The third-order valence-electron chi connectivity index (χ3n) is 5.70. The molecule has 2 saturated heterocycles. The number of carbonyl (C=O) groups is 2. The summed E-state index contributed by atoms with van der Waals surface area (Å²) in [4.78, 5) is 30.0. The summed E-state index contributed by atoms with van der Waals surface area (Å²) in [5.74, 6) is -0.228. The van der Waals surface area contributed by atoms with Crippen molar-refractivity contribution in [3.8, 4) is 0 Å². The number of hydrogen-bond acceptors (Lipinski definition) is 5. The average molecular weight is 423 g/mol. The summed E-state index contributed by atoms with van der Waals surface area (Å²) in [5, 5.41) is 0. The molecule has 0 aliphatic carbocycles. The molecule has 8 nitrogen and oxygen atoms in total. The van der Waals surface area contributed by atoms with Gasteiger partial charge in [-0.3, -0.25) is 9.59 Å². The van der Waals surface area contributed by atoms with Gasteiger partial charge in [-0.1, -0.05) is 6.07 Å². The number of nitrogens with zero attached hydrogens (tertiary/aromatic N) is 4. The number of rotatable bonds is 6. The van der Waals surface area contributed by atoms with E-state index in [4.69, 9.17) is 0 Å². The Kier molecular flexibility index (Phi) is 6.92. The smallest absolute Gasteiger partial charge is 0.253 e. The van der Waals surface area contributed by atoms with Crippen LogP contribution >= 0.6 is 0 Å². The molecule has 160 valence electrons. The third-order valence-corrected chi connectivity index (χ3v) is 7.59. The maximum Gasteiger partial charge on any atom is 0.253 e. The van der Waals surface area contributed by atoms with E-state index in [-0.39, 0.29) is 29.8 Å². The molecule has 1 aromatic carbocycles. The Balaban J connectivity index is 1.66. The molecule has 0 aromatic heterocycles. The zero-order chi connectivity index (χ0) is 21.0. The number of benzene rings is 1. The van der Waals surface area contributed by atoms with Crippen LogP contribution in [0.4, 0.5) is 0 Å². The fraction of sp³-hybridized carbons (Fsp3) is 0.600. The molecule has 2 aliphatic rings. The number of sulfonamides is 1. The normalized spacial score (nSPS) is 18.8. The van der Waals surface area contributed by atoms with Crippen LogP contribution in [0, 0.1) is 0 Å². The van der Waals surface area contributed by atoms with Crippen molar-refractivity contribution in [2.75, 3.05) is 59.4 Å². The van der Waals surface area contributed by atoms with Crippen molar-refractivity contribution in [2.24, 2.45) is 0 Å². The average Bonchev–Trinajstić information content (AvgIpc) is 3.25. The topological polar surface area (TPSA) is 81.2 Å². The first-order valence-corrected chi connectivity index (χ1v) is 11.6. The van der Waals surface area contributed by atoms with Gasteiger partial charge in [-0.15, -0.1) is 0 Å². The molecule has 2 heterocycles. The highest BCUT2D eigenvalue weighted by Gasteiger charge is 2.30. The molecule has 1 aromatic rings. The van der Waals surface area contributed by atoms with Gasteiger partial charge in [-0.05, 0) is 44.1 Å². The summed E-state index contributed by atoms with van der Waals surface area (Å²) in [6.07, 6.45) is 2.41. The molecular weight excluding hydrogens is 392 g/mol. The molecule has 0 radical (unpaired) electrons. The number of likely N-dealkylation sites (N-methyl/N-ethyl adjacent to an activating group) is 1. The van der Waals surface area contributed by atoms with Crippen LogP contribution in [0.3, 0.4) is 0 Å². The van der Waals surface area contributed by atoms with Crippen LogP contribution in [-0.4, -0.2) is 98.6 Å². The summed E-state index contributed by atoms with van der Waals surface area (Å²) >= 11 is 0. The van der Waals surface area contributed by atoms with Gasteiger partial charge in [0.25, 0.3) is 5.91 Å². The Morgan fingerprint density at radius 2 is 1.69 bits per heavy atom. The molecule has 2 aliphatic heterocycles. The van der Waals surface area contributed by atoms with Gasteiger partial charge < -0.3 is 14.7 Å². The summed E-state index contributed by atoms with van der Waals surface area (Å²) in [6.45, 7) is 6.37. The molecule has 0 atom stereocenters. The fourth-order valence-electron chi connectivity index (χ4n) is 3.80. The predicted molar refractivity (Wildman–Crippen MR) is 110 cm³/mol. The highest BCUT2D eigenvalue weighted by molar-refractivity contribution is 7.89. The molecule has 9 heteroatoms. The van der Waals surface area contributed by atoms with Crippen molar-refractivity contribution in [3.63, 3.8) is 0 Å². The van der Waals surface area contributed by atoms with E-state index < -0.39 is 10.0 Å². The van der Waals surface area contributed by atoms with Crippen LogP contribution in [0.25, 0.3) is 0 Å². The van der Waals surface area contributed by atoms with Crippen LogP contribution in [0.1, 0.15) is 30.1 Å². The zero-order valence-electron chi connectivity index (χ0n) is 17.2. The first-order chi connectivity index (χ1) is 13.8. The molecule has 0 bridgehead atoms. The van der Waals surface area contributed by atoms with E-state index in [9.17, 15) is 18.0 Å². The van der Waals surface area contributed by atoms with Crippen molar-refractivity contribution >= 4 is 21.8 Å². The number of amides is 2. The molecule has 2 amide bonds. The van der Waals surface area contributed by atoms with Gasteiger partial charge in [0.1, 0.15) is 0 Å². The Labute approximate surface area is 173 Å². The quantitative estimate of drug-likeness (QED) is 0.674. The highest BCUT2D eigenvalue weighted by Crippen LogP contribution is 2.20. The summed E-state index contributed by atoms with van der Waals surface area (Å²) in [7, 11) is -1.95. The molecule has 3 rings (SSSR count). The van der Waals surface area contributed by atoms with Gasteiger partial charge in [0, 0.05) is 58.8 Å². The Hall–Kier alpha value is -1.97. The van der Waals surface area contributed by atoms with E-state index in [1.165, 1.54) is 36.2 Å². The van der Waals surface area contributed by atoms with Crippen LogP contribution < -0.4 is 0 Å². The monoisotopic (exact) mass is 422 g/mol. The molecule has 29 heavy (non-hydrogen) atoms. The Morgan fingerprint density at radius 3 is 2.31 bits per heavy atom. The standard InChI is InChI=1S/C20H30N4O4S/c1-17(25)23-12-14-24(15-13-23)29(27,28)19-7-5-6-18(16-19)20(26)21(2)10-11-22-8-3-4-9-22/h5-7,16H,3-4,8-15H2,1-2H3. The van der Waals surface area contributed by atoms with Crippen LogP contribution in [-0.2, 0) is 14.8 Å². The molecule has 0 spiro atoms. The van der Waals surface area contributed by atoms with E-state index in [0.29, 0.717) is 25.2 Å². The lowest BCUT2D eigenvalue weighted by molar-refractivity contribution is -0.129. The number of piperazine rings is 1. The van der Waals surface area contributed by atoms with Crippen molar-refractivity contribution in [1.29, 1.82) is 0 Å². The Bertz CT molecular complexity index is 844. The lowest BCUT2D eigenvalue weighted by Crippen LogP contribution is -2.49. The predicted octanol–water partition coefficient (Wildman–Crippen LogP) is 0.707. The molecule has 2 fully saturated rings. The minimum absolute atomic E-state index is 0.0494. The minimum atomic E-state index is -3.70. The maximum atomic E-state index is 13.0. The lowest BCUT2D eigenvalue weighted by Gasteiger charge is -2.33. The molecule has 0 saturated carbocycles. The second-order valence-corrected chi connectivity index (χ2v) is 9.65. The minimum Gasteiger partial charge on any atom is -0.340 e. The summed E-state index contributed by atoms with van der Waals surface area (Å²) in [6, 6.07) is 6.25. The van der Waals surface area contributed by atoms with Crippen LogP contribution in [0.2, 0.25) is 0 Å². The Morgan fingerprint density at radius 1 is 1.03 bits per heavy atom. The van der Waals surface area contributed by atoms with Crippen LogP contribution in [0.15, 0.2) is 29.2 Å². The van der Waals surface area contributed by atoms with E-state index in [2.05, 4.69) is 4.90 Å². The molecule has 0 N–H and O–H groups in total. The molecule has 0 unspecified atom stereocenters. The molecular formula is C20H30N4O4S. The first kappa shape index (κ1) is 21.7. The lowest BCUT2D eigenvalue weighted by atomic mass is 10.2. The van der Waals surface area contributed by atoms with Gasteiger partial charge in [-0.2, -0.15) is 4.31 Å². The summed E-state index contributed by atoms with van der Waals surface area (Å²) in [5.41, 5.74) is 0.373. The van der Waals surface area contributed by atoms with Gasteiger partial charge in [0.05, 0.1) is 4.90 Å². The van der Waals surface area contributed by atoms with Crippen molar-refractivity contribution in [1.82, 2.24) is 19.0 Å². The largest absolute Gasteiger partial charge is 0.340 e. The zero-order valence-corrected chi connectivity index (χ0v) is 18.0. The maximum absolute atomic E-state index is 13.0. The van der Waals surface area contributed by atoms with E-state index in [1.54, 1.807) is 29.0 Å². The SMILES string of the molecule is CC(=O)N1CCN(S(=O)(=O)c2cccc(C(=O)N(C)CCN3CCCC3)c2)CC1. The van der Waals surface area contributed by atoms with E-state index >= 15 is 0 Å². The van der Waals surface area contributed by atoms with Crippen molar-refractivity contribution in [3.05, 3.63) is 29.8 Å². The van der Waals surface area contributed by atoms with Gasteiger partial charge in [-0.25, -0.2) is 8.42 Å². The second kappa shape index (κ2) is 9.23. The van der Waals surface area contributed by atoms with Gasteiger partial charge >= 0.3 is 0 Å². The fourth-order valence-corrected chi connectivity index (χ4v) is 5.27. The van der Waals surface area contributed by atoms with Gasteiger partial charge in [0.15, 0.2) is 0 Å². The highest BCUT2D eigenvalue weighted by atomic mass is 32.2. The number of carbonyl (C=O) groups excluding carboxylic acids is 2. The van der Waals surface area contributed by atoms with Crippen LogP contribution in [0.5, 0.6) is 0 Å². The summed E-state index contributed by atoms with van der Waals surface area (Å²) < 4.78 is 27.4. The van der Waals surface area contributed by atoms with E-state index in [0.717, 1.165) is 19.6 Å². The van der Waals surface area contributed by atoms with Gasteiger partial charge in [0.2, 0.25) is 15.9 Å². The first-order valence-electron chi connectivity index (χ1n) is 10.1. The third kappa shape index (κ3) is 5.15. The number of hydrogen-bond donors (Lipinski definition) is 0. The second-order valence-electron chi connectivity index (χ2n) is 7.71. The van der Waals surface area contributed by atoms with Crippen molar-refractivity contribution in [2.45, 2.75) is 24.7 Å². The van der Waals surface area contributed by atoms with Crippen molar-refractivity contribution < 1.29 is 18.0 Å². The van der Waals surface area contributed by atoms with E-state index in [1.807, 2.05) is 0 Å². The number of likely N-dealkylation sites (tertiary alicyclic amines) is 1.